The molecule has 12 heteroatoms. The molecule has 2 unspecified atom stereocenters. The Morgan fingerprint density at radius 1 is 0.660 bits per heavy atom. The first kappa shape index (κ1) is 36.2. The number of azo groups is 1. The zero-order chi connectivity index (χ0) is 36.7. The largest absolute Gasteiger partial charge is 0.507 e. The number of aromatic hydroxyl groups is 2. The number of ketones is 2. The highest BCUT2D eigenvalue weighted by atomic mass is 16.4. The summed E-state index contributed by atoms with van der Waals surface area (Å²) in [6.07, 6.45) is -1.36. The van der Waals surface area contributed by atoms with E-state index in [9.17, 15) is 45.0 Å². The lowest BCUT2D eigenvalue weighted by Crippen LogP contribution is -2.43. The minimum atomic E-state index is -2.29. The van der Waals surface area contributed by atoms with Crippen LogP contribution in [-0.4, -0.2) is 55.0 Å². The first-order valence-corrected chi connectivity index (χ1v) is 15.3. The average Bonchev–Trinajstić information content (AvgIpc) is 3.12. The molecule has 0 radical (unpaired) electrons. The normalized spacial score (nSPS) is 13.7. The first-order chi connectivity index (χ1) is 23.7. The molecule has 0 heterocycles. The zero-order valence-electron chi connectivity index (χ0n) is 27.1. The van der Waals surface area contributed by atoms with Crippen LogP contribution in [0, 0.1) is 22.7 Å². The van der Waals surface area contributed by atoms with Crippen molar-refractivity contribution in [3.63, 3.8) is 0 Å². The van der Waals surface area contributed by atoms with Crippen molar-refractivity contribution in [2.45, 2.75) is 49.6 Å². The van der Waals surface area contributed by atoms with Crippen LogP contribution in [0.1, 0.15) is 76.1 Å². The van der Waals surface area contributed by atoms with E-state index in [1.165, 1.54) is 38.1 Å². The molecule has 0 saturated heterocycles. The fraction of sp³-hybridized carbons (Fsp3) is 0.211. The second kappa shape index (κ2) is 14.6. The Morgan fingerprint density at radius 3 is 1.44 bits per heavy atom. The van der Waals surface area contributed by atoms with Crippen molar-refractivity contribution in [2.75, 3.05) is 0 Å². The van der Waals surface area contributed by atoms with Crippen molar-refractivity contribution < 1.29 is 39.6 Å². The predicted octanol–water partition coefficient (Wildman–Crippen LogP) is 6.20. The summed E-state index contributed by atoms with van der Waals surface area (Å²) in [4.78, 5) is 51.1. The van der Waals surface area contributed by atoms with E-state index in [-0.39, 0.29) is 39.8 Å². The van der Waals surface area contributed by atoms with Crippen molar-refractivity contribution in [1.82, 2.24) is 0 Å². The summed E-state index contributed by atoms with van der Waals surface area (Å²) in [7, 11) is 0. The molecule has 0 bridgehead atoms. The molecule has 0 aliphatic rings. The minimum absolute atomic E-state index is 0.112. The van der Waals surface area contributed by atoms with Crippen molar-refractivity contribution in [3.8, 4) is 23.6 Å². The molecule has 0 spiro atoms. The molecule has 0 aliphatic heterocycles. The molecular formula is C38H32N4O8. The van der Waals surface area contributed by atoms with Gasteiger partial charge in [-0.05, 0) is 55.7 Å². The third-order valence-corrected chi connectivity index (χ3v) is 8.32. The van der Waals surface area contributed by atoms with E-state index in [2.05, 4.69) is 10.2 Å². The predicted molar refractivity (Wildman–Crippen MR) is 179 cm³/mol. The van der Waals surface area contributed by atoms with Gasteiger partial charge in [-0.3, -0.25) is 19.2 Å². The number of carboxylic acid groups (broad SMARTS) is 2. The van der Waals surface area contributed by atoms with Crippen LogP contribution in [0.5, 0.6) is 11.5 Å². The van der Waals surface area contributed by atoms with E-state index < -0.39 is 64.3 Å². The van der Waals surface area contributed by atoms with Gasteiger partial charge < -0.3 is 20.4 Å². The smallest absolute Gasteiger partial charge is 0.318 e. The molecule has 2 atom stereocenters. The van der Waals surface area contributed by atoms with Gasteiger partial charge in [0.15, 0.2) is 22.6 Å². The van der Waals surface area contributed by atoms with Crippen LogP contribution in [0.4, 0.5) is 0 Å². The van der Waals surface area contributed by atoms with Crippen molar-refractivity contribution in [1.29, 1.82) is 10.5 Å². The summed E-state index contributed by atoms with van der Waals surface area (Å²) in [6.45, 7) is 2.59. The number of benzene rings is 4. The summed E-state index contributed by atoms with van der Waals surface area (Å²) < 4.78 is 0. The Morgan fingerprint density at radius 2 is 1.08 bits per heavy atom. The van der Waals surface area contributed by atoms with Crippen LogP contribution < -0.4 is 0 Å². The molecule has 252 valence electrons. The van der Waals surface area contributed by atoms with Gasteiger partial charge in [0.05, 0.1) is 23.3 Å². The highest BCUT2D eigenvalue weighted by Gasteiger charge is 2.49. The summed E-state index contributed by atoms with van der Waals surface area (Å²) in [5.74, 6) is -4.93. The maximum atomic E-state index is 13.6. The topological polar surface area (TPSA) is 221 Å². The Balaban J connectivity index is 1.91. The fourth-order valence-electron chi connectivity index (χ4n) is 5.47. The number of carbonyl (C=O) groups is 4. The molecule has 4 N–H and O–H groups in total. The van der Waals surface area contributed by atoms with E-state index in [1.807, 2.05) is 12.1 Å². The highest BCUT2D eigenvalue weighted by molar-refractivity contribution is 6.11. The maximum absolute atomic E-state index is 13.6. The molecule has 4 rings (SSSR count). The van der Waals surface area contributed by atoms with Crippen LogP contribution in [0.2, 0.25) is 0 Å². The molecule has 12 nitrogen and oxygen atoms in total. The van der Waals surface area contributed by atoms with Crippen LogP contribution in [-0.2, 0) is 15.0 Å². The molecule has 0 amide bonds. The van der Waals surface area contributed by atoms with Gasteiger partial charge in [-0.1, -0.05) is 72.8 Å². The molecule has 0 aliphatic carbocycles. The first-order valence-electron chi connectivity index (χ1n) is 15.3. The number of carbonyl (C=O) groups excluding carboxylic acids is 2. The van der Waals surface area contributed by atoms with Crippen molar-refractivity contribution in [3.05, 3.63) is 130 Å². The van der Waals surface area contributed by atoms with Crippen LogP contribution in [0.25, 0.3) is 0 Å². The Kier molecular flexibility index (Phi) is 10.6. The molecule has 4 aromatic rings. The molecule has 4 aromatic carbocycles. The van der Waals surface area contributed by atoms with Crippen molar-refractivity contribution in [2.24, 2.45) is 10.2 Å². The lowest BCUT2D eigenvalue weighted by molar-refractivity contribution is -0.143. The third-order valence-electron chi connectivity index (χ3n) is 8.32. The number of phenols is 2. The van der Waals surface area contributed by atoms with Gasteiger partial charge >= 0.3 is 11.9 Å². The van der Waals surface area contributed by atoms with Gasteiger partial charge in [0.1, 0.15) is 16.9 Å². The zero-order valence-corrected chi connectivity index (χ0v) is 27.1. The second-order valence-corrected chi connectivity index (χ2v) is 12.1. The summed E-state index contributed by atoms with van der Waals surface area (Å²) >= 11 is 0. The minimum Gasteiger partial charge on any atom is -0.507 e. The number of hydrogen-bond donors (Lipinski definition) is 4. The van der Waals surface area contributed by atoms with Gasteiger partial charge in [0, 0.05) is 24.0 Å². The lowest BCUT2D eigenvalue weighted by atomic mass is 9.67. The Labute approximate surface area is 287 Å². The number of nitrogens with zero attached hydrogens (tertiary/aromatic N) is 4. The van der Waals surface area contributed by atoms with Crippen LogP contribution in [0.15, 0.2) is 107 Å². The number of hydrogen-bond acceptors (Lipinski definition) is 10. The Hall–Kier alpha value is -6.66. The molecule has 0 aromatic heterocycles. The molecule has 50 heavy (non-hydrogen) atoms. The standard InChI is InChI=1S/C38H32N4O8/c1-36(22-39,18-17-32(45)46)41-42-37(2,23-40)21-38(35(49)50,26-13-15-28(30(43)19-26)33(47)24-9-5-3-6-10-24)27-14-16-29(31(44)20-27)34(48)25-11-7-4-8-12-25/h3-16,19-20,43-44H,17-18,21H2,1-2H3,(H,45,46)(H,49,50)/b42-41+. The number of phenolic OH excluding ortho intramolecular Hbond substituents is 2. The maximum Gasteiger partial charge on any atom is 0.318 e. The van der Waals surface area contributed by atoms with E-state index in [1.54, 1.807) is 60.7 Å². The third kappa shape index (κ3) is 7.56. The average molecular weight is 673 g/mol. The fourth-order valence-corrected chi connectivity index (χ4v) is 5.47. The van der Waals surface area contributed by atoms with Gasteiger partial charge in [-0.2, -0.15) is 20.8 Å². The number of aliphatic carboxylic acids is 2. The van der Waals surface area contributed by atoms with E-state index in [4.69, 9.17) is 5.11 Å². The monoisotopic (exact) mass is 672 g/mol. The van der Waals surface area contributed by atoms with E-state index in [0.717, 1.165) is 12.1 Å². The van der Waals surface area contributed by atoms with Crippen LogP contribution in [0.3, 0.4) is 0 Å². The quantitative estimate of drug-likeness (QED) is 0.0876. The van der Waals surface area contributed by atoms with Crippen LogP contribution >= 0.6 is 0 Å². The SMILES string of the molecule is CC(C#N)(CCC(=O)O)/N=N/C(C)(C#N)CC(C(=O)O)(c1ccc(C(=O)c2ccccc2)c(O)c1)c1ccc(C(=O)c2ccccc2)c(O)c1. The summed E-state index contributed by atoms with van der Waals surface area (Å²) in [6, 6.07) is 27.2. The Bertz CT molecular complexity index is 1970. The van der Waals surface area contributed by atoms with E-state index in [0.29, 0.717) is 0 Å². The lowest BCUT2D eigenvalue weighted by Gasteiger charge is -2.35. The number of nitriles is 2. The molecular weight excluding hydrogens is 640 g/mol. The summed E-state index contributed by atoms with van der Waals surface area (Å²) in [5.41, 5.74) is -5.90. The molecule has 0 saturated carbocycles. The highest BCUT2D eigenvalue weighted by Crippen LogP contribution is 2.44. The molecule has 0 fully saturated rings. The van der Waals surface area contributed by atoms with Gasteiger partial charge in [-0.25, -0.2) is 0 Å². The second-order valence-electron chi connectivity index (χ2n) is 12.1. The van der Waals surface area contributed by atoms with Gasteiger partial charge in [0.25, 0.3) is 0 Å². The van der Waals surface area contributed by atoms with Gasteiger partial charge in [-0.15, -0.1) is 0 Å². The number of carboxylic acids is 2. The van der Waals surface area contributed by atoms with Crippen molar-refractivity contribution >= 4 is 23.5 Å². The summed E-state index contributed by atoms with van der Waals surface area (Å²) in [5, 5.41) is 70.5. The van der Waals surface area contributed by atoms with E-state index >= 15 is 0 Å². The number of rotatable bonds is 14. The van der Waals surface area contributed by atoms with Gasteiger partial charge in [0.2, 0.25) is 0 Å².